The van der Waals surface area contributed by atoms with Crippen LogP contribution in [0, 0.1) is 0 Å². The molecule has 0 aliphatic heterocycles. The minimum atomic E-state index is -1.11. The Morgan fingerprint density at radius 1 is 1.00 bits per heavy atom. The van der Waals surface area contributed by atoms with Gasteiger partial charge in [-0.25, -0.2) is 4.79 Å². The first-order valence-corrected chi connectivity index (χ1v) is 9.26. The first kappa shape index (κ1) is 20.2. The van der Waals surface area contributed by atoms with E-state index in [-0.39, 0.29) is 18.1 Å². The van der Waals surface area contributed by atoms with E-state index in [1.165, 1.54) is 12.1 Å². The van der Waals surface area contributed by atoms with Crippen LogP contribution in [0.2, 0.25) is 0 Å². The highest BCUT2D eigenvalue weighted by atomic mass is 16.5. The summed E-state index contributed by atoms with van der Waals surface area (Å²) in [6.45, 7) is 1.75. The van der Waals surface area contributed by atoms with Crippen molar-refractivity contribution in [3.05, 3.63) is 71.8 Å². The molecule has 1 amide bonds. The average molecular weight is 393 g/mol. The zero-order valence-corrected chi connectivity index (χ0v) is 16.3. The normalized spacial score (nSPS) is 12.9. The number of hydrogen-bond acceptors (Lipinski definition) is 4. The molecule has 1 unspecified atom stereocenters. The van der Waals surface area contributed by atoms with Crippen molar-refractivity contribution in [1.29, 1.82) is 0 Å². The van der Waals surface area contributed by atoms with E-state index in [4.69, 9.17) is 4.74 Å². The molecule has 0 fully saturated rings. The van der Waals surface area contributed by atoms with Crippen molar-refractivity contribution < 1.29 is 24.5 Å². The van der Waals surface area contributed by atoms with Crippen LogP contribution in [0.1, 0.15) is 24.0 Å². The lowest BCUT2D eigenvalue weighted by Crippen LogP contribution is -2.44. The molecule has 0 heterocycles. The number of nitrogens with one attached hydrogen (secondary N) is 1. The van der Waals surface area contributed by atoms with Gasteiger partial charge in [0.1, 0.15) is 17.5 Å². The number of fused-ring (bicyclic) bond motifs is 1. The third kappa shape index (κ3) is 4.85. The molecule has 150 valence electrons. The lowest BCUT2D eigenvalue weighted by atomic mass is 9.96. The van der Waals surface area contributed by atoms with E-state index < -0.39 is 17.9 Å². The van der Waals surface area contributed by atoms with Crippen molar-refractivity contribution in [1.82, 2.24) is 5.32 Å². The van der Waals surface area contributed by atoms with Gasteiger partial charge in [-0.3, -0.25) is 4.79 Å². The van der Waals surface area contributed by atoms with Gasteiger partial charge in [-0.05, 0) is 53.1 Å². The maximum absolute atomic E-state index is 12.7. The highest BCUT2D eigenvalue weighted by molar-refractivity contribution is 5.90. The van der Waals surface area contributed by atoms with Gasteiger partial charge in [-0.1, -0.05) is 36.4 Å². The number of benzene rings is 3. The Labute approximate surface area is 168 Å². The van der Waals surface area contributed by atoms with E-state index in [0.717, 1.165) is 22.1 Å². The molecule has 0 radical (unpaired) electrons. The van der Waals surface area contributed by atoms with Gasteiger partial charge < -0.3 is 20.3 Å². The third-order valence-electron chi connectivity index (χ3n) is 4.96. The Morgan fingerprint density at radius 3 is 2.31 bits per heavy atom. The predicted molar refractivity (Wildman–Crippen MR) is 110 cm³/mol. The van der Waals surface area contributed by atoms with E-state index >= 15 is 0 Å². The lowest BCUT2D eigenvalue weighted by molar-refractivity contribution is -0.141. The third-order valence-corrected chi connectivity index (χ3v) is 4.96. The highest BCUT2D eigenvalue weighted by Crippen LogP contribution is 2.25. The molecule has 3 aromatic carbocycles. The fourth-order valence-corrected chi connectivity index (χ4v) is 3.15. The molecule has 3 N–H and O–H groups in total. The number of methoxy groups -OCH3 is 1. The molecule has 0 aliphatic carbocycles. The van der Waals surface area contributed by atoms with Crippen LogP contribution in [0.3, 0.4) is 0 Å². The predicted octanol–water partition coefficient (Wildman–Crippen LogP) is 3.47. The fraction of sp³-hybridized carbons (Fsp3) is 0.217. The van der Waals surface area contributed by atoms with Gasteiger partial charge in [0.05, 0.1) is 13.0 Å². The van der Waals surface area contributed by atoms with E-state index in [2.05, 4.69) is 5.32 Å². The molecule has 0 bridgehead atoms. The van der Waals surface area contributed by atoms with Crippen LogP contribution in [-0.2, 0) is 16.0 Å². The maximum Gasteiger partial charge on any atom is 0.326 e. The molecule has 6 heteroatoms. The number of carbonyl (C=O) groups is 2. The lowest BCUT2D eigenvalue weighted by Gasteiger charge is -2.19. The van der Waals surface area contributed by atoms with Crippen molar-refractivity contribution in [2.45, 2.75) is 25.3 Å². The van der Waals surface area contributed by atoms with Crippen molar-refractivity contribution >= 4 is 22.6 Å². The maximum atomic E-state index is 12.7. The summed E-state index contributed by atoms with van der Waals surface area (Å²) in [6, 6.07) is 16.6. The summed E-state index contributed by atoms with van der Waals surface area (Å²) in [5, 5.41) is 23.5. The van der Waals surface area contributed by atoms with Crippen LogP contribution in [0.25, 0.3) is 10.8 Å². The van der Waals surface area contributed by atoms with Gasteiger partial charge in [-0.15, -0.1) is 0 Å². The number of aliphatic carboxylic acids is 1. The van der Waals surface area contributed by atoms with Gasteiger partial charge in [0.15, 0.2) is 0 Å². The Hall–Kier alpha value is -3.54. The van der Waals surface area contributed by atoms with E-state index in [9.17, 15) is 19.8 Å². The van der Waals surface area contributed by atoms with Crippen molar-refractivity contribution in [2.75, 3.05) is 7.11 Å². The number of rotatable bonds is 7. The summed E-state index contributed by atoms with van der Waals surface area (Å²) in [6.07, 6.45) is 0.131. The number of aromatic hydroxyl groups is 1. The molecular weight excluding hydrogens is 370 g/mol. The number of phenolic OH excluding ortho intramolecular Hbond substituents is 1. The average Bonchev–Trinajstić information content (AvgIpc) is 2.73. The molecule has 2 atom stereocenters. The van der Waals surface area contributed by atoms with Crippen LogP contribution >= 0.6 is 0 Å². The molecular formula is C23H23NO5. The number of amides is 1. The first-order chi connectivity index (χ1) is 13.9. The highest BCUT2D eigenvalue weighted by Gasteiger charge is 2.24. The molecule has 3 rings (SSSR count). The number of hydrogen-bond donors (Lipinski definition) is 3. The Kier molecular flexibility index (Phi) is 6.02. The molecule has 0 spiro atoms. The first-order valence-electron chi connectivity index (χ1n) is 9.26. The van der Waals surface area contributed by atoms with Gasteiger partial charge >= 0.3 is 5.97 Å². The molecule has 0 saturated carbocycles. The minimum Gasteiger partial charge on any atom is -0.508 e. The SMILES string of the molecule is COc1ccc2cc(C(C)C(=O)N[C@@H](Cc3ccc(O)cc3)C(=O)O)ccc2c1. The minimum absolute atomic E-state index is 0.104. The standard InChI is InChI=1S/C23H23NO5/c1-14(16-5-6-18-13-20(29-2)10-7-17(18)12-16)22(26)24-21(23(27)28)11-15-3-8-19(25)9-4-15/h3-10,12-14,21,25H,11H2,1-2H3,(H,24,26)(H,27,28)/t14?,21-/m0/s1. The zero-order chi connectivity index (χ0) is 21.0. The quantitative estimate of drug-likeness (QED) is 0.571. The molecule has 0 aliphatic rings. The van der Waals surface area contributed by atoms with Gasteiger partial charge in [0.25, 0.3) is 0 Å². The van der Waals surface area contributed by atoms with Gasteiger partial charge in [0, 0.05) is 6.42 Å². The van der Waals surface area contributed by atoms with Crippen molar-refractivity contribution in [3.63, 3.8) is 0 Å². The van der Waals surface area contributed by atoms with Crippen LogP contribution in [-0.4, -0.2) is 35.2 Å². The second-order valence-electron chi connectivity index (χ2n) is 6.96. The molecule has 0 aromatic heterocycles. The number of phenols is 1. The van der Waals surface area contributed by atoms with Gasteiger partial charge in [0.2, 0.25) is 5.91 Å². The molecule has 6 nitrogen and oxygen atoms in total. The number of carboxylic acid groups (broad SMARTS) is 1. The largest absolute Gasteiger partial charge is 0.508 e. The summed E-state index contributed by atoms with van der Waals surface area (Å²) < 4.78 is 5.23. The summed E-state index contributed by atoms with van der Waals surface area (Å²) >= 11 is 0. The van der Waals surface area contributed by atoms with Crippen LogP contribution in [0.4, 0.5) is 0 Å². The number of carbonyl (C=O) groups excluding carboxylic acids is 1. The summed E-state index contributed by atoms with van der Waals surface area (Å²) in [7, 11) is 1.61. The topological polar surface area (TPSA) is 95.9 Å². The monoisotopic (exact) mass is 393 g/mol. The van der Waals surface area contributed by atoms with E-state index in [1.54, 1.807) is 26.2 Å². The number of carboxylic acids is 1. The summed E-state index contributed by atoms with van der Waals surface area (Å²) in [4.78, 5) is 24.3. The number of ether oxygens (including phenoxy) is 1. The van der Waals surface area contributed by atoms with E-state index in [0.29, 0.717) is 5.56 Å². The smallest absolute Gasteiger partial charge is 0.326 e. The van der Waals surface area contributed by atoms with E-state index in [1.807, 2.05) is 36.4 Å². The van der Waals surface area contributed by atoms with Crippen molar-refractivity contribution in [2.24, 2.45) is 0 Å². The van der Waals surface area contributed by atoms with Crippen LogP contribution in [0.5, 0.6) is 11.5 Å². The van der Waals surface area contributed by atoms with Gasteiger partial charge in [-0.2, -0.15) is 0 Å². The summed E-state index contributed by atoms with van der Waals surface area (Å²) in [5.41, 5.74) is 1.51. The van der Waals surface area contributed by atoms with Crippen molar-refractivity contribution in [3.8, 4) is 11.5 Å². The Bertz CT molecular complexity index is 1030. The van der Waals surface area contributed by atoms with Crippen LogP contribution < -0.4 is 10.1 Å². The Morgan fingerprint density at radius 2 is 1.66 bits per heavy atom. The summed E-state index contributed by atoms with van der Waals surface area (Å²) in [5.74, 6) is -1.11. The second-order valence-corrected chi connectivity index (χ2v) is 6.96. The molecule has 29 heavy (non-hydrogen) atoms. The van der Waals surface area contributed by atoms with Crippen LogP contribution in [0.15, 0.2) is 60.7 Å². The fourth-order valence-electron chi connectivity index (χ4n) is 3.15. The zero-order valence-electron chi connectivity index (χ0n) is 16.3. The second kappa shape index (κ2) is 8.65. The molecule has 3 aromatic rings. The molecule has 0 saturated heterocycles. The Balaban J connectivity index is 1.74.